The quantitative estimate of drug-likeness (QED) is 0.828. The number of aromatic nitrogens is 1. The number of rotatable bonds is 5. The van der Waals surface area contributed by atoms with Crippen LogP contribution in [0.15, 0.2) is 12.4 Å². The van der Waals surface area contributed by atoms with Gasteiger partial charge in [0, 0.05) is 31.2 Å². The van der Waals surface area contributed by atoms with Gasteiger partial charge in [-0.1, -0.05) is 18.5 Å². The number of halogens is 2. The lowest BCUT2D eigenvalue weighted by Crippen LogP contribution is -2.22. The number of amides is 1. The predicted molar refractivity (Wildman–Crippen MR) is 65.6 cm³/mol. The zero-order valence-corrected chi connectivity index (χ0v) is 10.6. The topological polar surface area (TPSA) is 42.0 Å². The van der Waals surface area contributed by atoms with Crippen LogP contribution in [0.5, 0.6) is 0 Å². The Kier molecular flexibility index (Phi) is 5.56. The smallest absolute Gasteiger partial charge is 0.220 e. The molecule has 1 rings (SSSR count). The summed E-state index contributed by atoms with van der Waals surface area (Å²) in [6, 6.07) is 0. The number of carbonyl (C=O) groups excluding carboxylic acids is 1. The van der Waals surface area contributed by atoms with Crippen molar-refractivity contribution in [3.63, 3.8) is 0 Å². The van der Waals surface area contributed by atoms with E-state index < -0.39 is 0 Å². The van der Waals surface area contributed by atoms with Gasteiger partial charge in [-0.25, -0.2) is 0 Å². The maximum absolute atomic E-state index is 11.3. The normalized spacial score (nSPS) is 10.2. The van der Waals surface area contributed by atoms with Gasteiger partial charge in [-0.05, 0) is 17.5 Å². The van der Waals surface area contributed by atoms with E-state index in [1.807, 2.05) is 6.92 Å². The zero-order valence-electron chi connectivity index (χ0n) is 9.09. The van der Waals surface area contributed by atoms with Gasteiger partial charge >= 0.3 is 0 Å². The van der Waals surface area contributed by atoms with Crippen LogP contribution in [0, 0.1) is 0 Å². The molecule has 1 heterocycles. The number of alkyl halides is 1. The number of nitrogens with zero attached hydrogens (tertiary/aromatic N) is 1. The van der Waals surface area contributed by atoms with Crippen LogP contribution in [0.3, 0.4) is 0 Å². The van der Waals surface area contributed by atoms with Crippen molar-refractivity contribution in [1.82, 2.24) is 10.3 Å². The molecule has 1 N–H and O–H groups in total. The fourth-order valence-corrected chi connectivity index (χ4v) is 1.94. The van der Waals surface area contributed by atoms with Crippen molar-refractivity contribution < 1.29 is 4.79 Å². The monoisotopic (exact) mass is 260 g/mol. The molecule has 0 atom stereocenters. The molecule has 0 bridgehead atoms. The van der Waals surface area contributed by atoms with E-state index >= 15 is 0 Å². The first-order valence-electron chi connectivity index (χ1n) is 5.13. The molecule has 0 saturated heterocycles. The Morgan fingerprint density at radius 2 is 2.25 bits per heavy atom. The summed E-state index contributed by atoms with van der Waals surface area (Å²) in [7, 11) is 0. The third kappa shape index (κ3) is 3.65. The Morgan fingerprint density at radius 1 is 1.50 bits per heavy atom. The van der Waals surface area contributed by atoms with E-state index in [-0.39, 0.29) is 5.91 Å². The SMILES string of the molecule is CCCC(=O)NCc1cncc(Cl)c1CCl. The van der Waals surface area contributed by atoms with Gasteiger partial charge in [-0.15, -0.1) is 11.6 Å². The highest BCUT2D eigenvalue weighted by Gasteiger charge is 2.07. The Labute approximate surface area is 105 Å². The van der Waals surface area contributed by atoms with E-state index in [2.05, 4.69) is 10.3 Å². The van der Waals surface area contributed by atoms with Gasteiger partial charge in [-0.2, -0.15) is 0 Å². The van der Waals surface area contributed by atoms with Crippen LogP contribution < -0.4 is 5.32 Å². The number of nitrogens with one attached hydrogen (secondary N) is 1. The zero-order chi connectivity index (χ0) is 12.0. The minimum atomic E-state index is 0.0306. The lowest BCUT2D eigenvalue weighted by atomic mass is 10.1. The third-order valence-electron chi connectivity index (χ3n) is 2.18. The Morgan fingerprint density at radius 3 is 2.88 bits per heavy atom. The summed E-state index contributed by atoms with van der Waals surface area (Å²) in [5.74, 6) is 0.350. The molecule has 0 aliphatic carbocycles. The first-order valence-corrected chi connectivity index (χ1v) is 6.04. The summed E-state index contributed by atoms with van der Waals surface area (Å²) >= 11 is 11.7. The van der Waals surface area contributed by atoms with Gasteiger partial charge in [0.1, 0.15) is 0 Å². The maximum atomic E-state index is 11.3. The summed E-state index contributed by atoms with van der Waals surface area (Å²) in [6.07, 6.45) is 4.60. The maximum Gasteiger partial charge on any atom is 0.220 e. The Hall–Kier alpha value is -0.800. The minimum Gasteiger partial charge on any atom is -0.352 e. The number of carbonyl (C=O) groups is 1. The fourth-order valence-electron chi connectivity index (χ4n) is 1.31. The van der Waals surface area contributed by atoms with Crippen LogP contribution in [0.4, 0.5) is 0 Å². The second kappa shape index (κ2) is 6.71. The molecule has 0 unspecified atom stereocenters. The first-order chi connectivity index (χ1) is 7.69. The molecular weight excluding hydrogens is 247 g/mol. The summed E-state index contributed by atoms with van der Waals surface area (Å²) in [5, 5.41) is 3.34. The van der Waals surface area contributed by atoms with Crippen molar-refractivity contribution in [3.8, 4) is 0 Å². The minimum absolute atomic E-state index is 0.0306. The molecular formula is C11H14Cl2N2O. The molecule has 0 aromatic carbocycles. The van der Waals surface area contributed by atoms with Crippen molar-refractivity contribution >= 4 is 29.1 Å². The summed E-state index contributed by atoms with van der Waals surface area (Å²) in [6.45, 7) is 2.39. The van der Waals surface area contributed by atoms with Gasteiger partial charge in [0.05, 0.1) is 5.02 Å². The van der Waals surface area contributed by atoms with Crippen LogP contribution >= 0.6 is 23.2 Å². The van der Waals surface area contributed by atoms with E-state index in [0.29, 0.717) is 23.9 Å². The highest BCUT2D eigenvalue weighted by molar-refractivity contribution is 6.32. The number of hydrogen-bond donors (Lipinski definition) is 1. The average Bonchev–Trinajstić information content (AvgIpc) is 2.27. The third-order valence-corrected chi connectivity index (χ3v) is 2.77. The molecule has 0 fully saturated rings. The molecule has 0 spiro atoms. The van der Waals surface area contributed by atoms with Crippen molar-refractivity contribution in [2.45, 2.75) is 32.2 Å². The number of pyridine rings is 1. The summed E-state index contributed by atoms with van der Waals surface area (Å²) in [5.41, 5.74) is 1.70. The van der Waals surface area contributed by atoms with Gasteiger partial charge in [0.25, 0.3) is 0 Å². The highest BCUT2D eigenvalue weighted by atomic mass is 35.5. The van der Waals surface area contributed by atoms with Crippen LogP contribution in [0.1, 0.15) is 30.9 Å². The van der Waals surface area contributed by atoms with Crippen molar-refractivity contribution in [3.05, 3.63) is 28.5 Å². The molecule has 0 aliphatic heterocycles. The standard InChI is InChI=1S/C11H14Cl2N2O/c1-2-3-11(16)15-6-8-5-14-7-10(13)9(8)4-12/h5,7H,2-4,6H2,1H3,(H,15,16). The predicted octanol–water partition coefficient (Wildman–Crippen LogP) is 2.89. The van der Waals surface area contributed by atoms with Crippen molar-refractivity contribution in [1.29, 1.82) is 0 Å². The second-order valence-corrected chi connectivity index (χ2v) is 4.09. The highest BCUT2D eigenvalue weighted by Crippen LogP contribution is 2.20. The molecule has 0 radical (unpaired) electrons. The van der Waals surface area contributed by atoms with Crippen LogP contribution in [0.2, 0.25) is 5.02 Å². The summed E-state index contributed by atoms with van der Waals surface area (Å²) < 4.78 is 0. The molecule has 1 aromatic rings. The van der Waals surface area contributed by atoms with E-state index in [1.54, 1.807) is 12.4 Å². The summed E-state index contributed by atoms with van der Waals surface area (Å²) in [4.78, 5) is 15.3. The van der Waals surface area contributed by atoms with E-state index in [1.165, 1.54) is 0 Å². The molecule has 16 heavy (non-hydrogen) atoms. The largest absolute Gasteiger partial charge is 0.352 e. The number of hydrogen-bond acceptors (Lipinski definition) is 2. The molecule has 3 nitrogen and oxygen atoms in total. The average molecular weight is 261 g/mol. The lowest BCUT2D eigenvalue weighted by Gasteiger charge is -2.09. The van der Waals surface area contributed by atoms with E-state index in [0.717, 1.165) is 17.5 Å². The molecule has 0 aliphatic rings. The van der Waals surface area contributed by atoms with Crippen LogP contribution in [0.25, 0.3) is 0 Å². The van der Waals surface area contributed by atoms with Crippen LogP contribution in [-0.2, 0) is 17.2 Å². The van der Waals surface area contributed by atoms with Gasteiger partial charge in [0.15, 0.2) is 0 Å². The van der Waals surface area contributed by atoms with Gasteiger partial charge < -0.3 is 5.32 Å². The molecule has 1 amide bonds. The van der Waals surface area contributed by atoms with Gasteiger partial charge in [0.2, 0.25) is 5.91 Å². The second-order valence-electron chi connectivity index (χ2n) is 3.42. The van der Waals surface area contributed by atoms with E-state index in [4.69, 9.17) is 23.2 Å². The molecule has 1 aromatic heterocycles. The Balaban J connectivity index is 2.66. The van der Waals surface area contributed by atoms with E-state index in [9.17, 15) is 4.79 Å². The lowest BCUT2D eigenvalue weighted by molar-refractivity contribution is -0.121. The van der Waals surface area contributed by atoms with Gasteiger partial charge in [-0.3, -0.25) is 9.78 Å². The molecule has 88 valence electrons. The first kappa shape index (κ1) is 13.3. The molecule has 0 saturated carbocycles. The van der Waals surface area contributed by atoms with Crippen molar-refractivity contribution in [2.24, 2.45) is 0 Å². The van der Waals surface area contributed by atoms with Crippen molar-refractivity contribution in [2.75, 3.05) is 0 Å². The fraction of sp³-hybridized carbons (Fsp3) is 0.455. The van der Waals surface area contributed by atoms with Crippen LogP contribution in [-0.4, -0.2) is 10.9 Å². The Bertz CT molecular complexity index is 369. The molecule has 5 heteroatoms.